The van der Waals surface area contributed by atoms with Crippen LogP contribution in [-0.2, 0) is 19.6 Å². The van der Waals surface area contributed by atoms with Crippen molar-refractivity contribution in [2.24, 2.45) is 5.73 Å². The number of nitrogens with two attached hydrogens (primary N) is 1. The van der Waals surface area contributed by atoms with Gasteiger partial charge in [-0.2, -0.15) is 0 Å². The summed E-state index contributed by atoms with van der Waals surface area (Å²) in [6.07, 6.45) is 0. The molecule has 0 atom stereocenters. The topological polar surface area (TPSA) is 116 Å². The minimum absolute atomic E-state index is 0.0250. The van der Waals surface area contributed by atoms with E-state index in [1.54, 1.807) is 0 Å². The van der Waals surface area contributed by atoms with Crippen molar-refractivity contribution >= 4 is 50.8 Å². The van der Waals surface area contributed by atoms with E-state index in [0.29, 0.717) is 0 Å². The molecule has 0 radical (unpaired) electrons. The molecule has 2 aromatic rings. The molecule has 25 heavy (non-hydrogen) atoms. The van der Waals surface area contributed by atoms with Crippen molar-refractivity contribution in [3.8, 4) is 0 Å². The van der Waals surface area contributed by atoms with Gasteiger partial charge in [-0.25, -0.2) is 13.2 Å². The van der Waals surface area contributed by atoms with Gasteiger partial charge in [0.05, 0.1) is 26.2 Å². The zero-order valence-corrected chi connectivity index (χ0v) is 14.9. The molecule has 132 valence electrons. The lowest BCUT2D eigenvalue weighted by molar-refractivity contribution is -0.121. The lowest BCUT2D eigenvalue weighted by Crippen LogP contribution is -2.22. The molecule has 0 unspecified atom stereocenters. The Morgan fingerprint density at radius 3 is 2.40 bits per heavy atom. The molecule has 0 aliphatic heterocycles. The van der Waals surface area contributed by atoms with Crippen molar-refractivity contribution in [1.29, 1.82) is 0 Å². The highest BCUT2D eigenvalue weighted by Gasteiger charge is 2.20. The van der Waals surface area contributed by atoms with Gasteiger partial charge in [-0.15, -0.1) is 0 Å². The van der Waals surface area contributed by atoms with Crippen molar-refractivity contribution in [2.45, 2.75) is 4.90 Å². The number of para-hydroxylation sites is 1. The molecule has 0 fully saturated rings. The van der Waals surface area contributed by atoms with E-state index in [-0.39, 0.29) is 26.2 Å². The molecule has 1 amide bonds. The highest BCUT2D eigenvalue weighted by Crippen LogP contribution is 2.27. The van der Waals surface area contributed by atoms with Gasteiger partial charge in [-0.1, -0.05) is 35.3 Å². The molecular formula is C15H12Cl2N2O5S. The number of esters is 1. The predicted octanol–water partition coefficient (Wildman–Crippen LogP) is 2.44. The van der Waals surface area contributed by atoms with E-state index in [1.165, 1.54) is 42.5 Å². The summed E-state index contributed by atoms with van der Waals surface area (Å²) in [6, 6.07) is 9.54. The number of ether oxygens (including phenoxy) is 1. The molecule has 0 aliphatic rings. The SMILES string of the molecule is NC(=O)COC(=O)c1ccccc1NS(=O)(=O)c1ccc(Cl)c(Cl)c1. The zero-order chi connectivity index (χ0) is 18.6. The van der Waals surface area contributed by atoms with Gasteiger partial charge in [0.1, 0.15) is 0 Å². The van der Waals surface area contributed by atoms with Crippen LogP contribution in [0, 0.1) is 0 Å². The standard InChI is InChI=1S/C15H12Cl2N2O5S/c16-11-6-5-9(7-12(11)17)25(22,23)19-13-4-2-1-3-10(13)15(21)24-8-14(18)20/h1-7,19H,8H2,(H2,18,20). The number of rotatable bonds is 6. The Balaban J connectivity index is 2.31. The van der Waals surface area contributed by atoms with Gasteiger partial charge in [0.2, 0.25) is 0 Å². The monoisotopic (exact) mass is 402 g/mol. The molecule has 0 aliphatic carbocycles. The van der Waals surface area contributed by atoms with E-state index in [0.717, 1.165) is 0 Å². The molecule has 2 rings (SSSR count). The first kappa shape index (κ1) is 19.0. The largest absolute Gasteiger partial charge is 0.452 e. The molecule has 10 heteroatoms. The summed E-state index contributed by atoms with van der Waals surface area (Å²) in [6.45, 7) is -0.618. The lowest BCUT2D eigenvalue weighted by Gasteiger charge is -2.12. The number of benzene rings is 2. The summed E-state index contributed by atoms with van der Waals surface area (Å²) < 4.78 is 31.9. The Bertz CT molecular complexity index is 931. The van der Waals surface area contributed by atoms with Crippen LogP contribution in [0.25, 0.3) is 0 Å². The second kappa shape index (κ2) is 7.73. The minimum atomic E-state index is -4.03. The van der Waals surface area contributed by atoms with Crippen molar-refractivity contribution in [2.75, 3.05) is 11.3 Å². The number of anilines is 1. The Morgan fingerprint density at radius 2 is 1.76 bits per heavy atom. The van der Waals surface area contributed by atoms with Gasteiger partial charge >= 0.3 is 5.97 Å². The van der Waals surface area contributed by atoms with Crippen LogP contribution in [0.3, 0.4) is 0 Å². The Kier molecular flexibility index (Phi) is 5.89. The Labute approximate surface area is 153 Å². The van der Waals surface area contributed by atoms with Crippen LogP contribution in [-0.4, -0.2) is 26.9 Å². The number of hydrogen-bond donors (Lipinski definition) is 2. The lowest BCUT2D eigenvalue weighted by atomic mass is 10.2. The van der Waals surface area contributed by atoms with Crippen molar-refractivity contribution in [3.05, 3.63) is 58.1 Å². The zero-order valence-electron chi connectivity index (χ0n) is 12.5. The number of halogens is 2. The maximum atomic E-state index is 12.5. The number of sulfonamides is 1. The number of carbonyl (C=O) groups is 2. The predicted molar refractivity (Wildman–Crippen MR) is 93.2 cm³/mol. The molecule has 0 saturated heterocycles. The maximum absolute atomic E-state index is 12.5. The van der Waals surface area contributed by atoms with E-state index in [4.69, 9.17) is 33.7 Å². The van der Waals surface area contributed by atoms with E-state index >= 15 is 0 Å². The van der Waals surface area contributed by atoms with Crippen LogP contribution in [0.4, 0.5) is 5.69 Å². The second-order valence-corrected chi connectivity index (χ2v) is 7.27. The Morgan fingerprint density at radius 1 is 1.08 bits per heavy atom. The number of nitrogens with one attached hydrogen (secondary N) is 1. The molecule has 3 N–H and O–H groups in total. The van der Waals surface area contributed by atoms with Crippen LogP contribution in [0.15, 0.2) is 47.4 Å². The van der Waals surface area contributed by atoms with E-state index in [2.05, 4.69) is 4.72 Å². The number of primary amides is 1. The fourth-order valence-electron chi connectivity index (χ4n) is 1.81. The normalized spacial score (nSPS) is 11.0. The van der Waals surface area contributed by atoms with E-state index in [9.17, 15) is 18.0 Å². The summed E-state index contributed by atoms with van der Waals surface area (Å²) >= 11 is 11.6. The first-order chi connectivity index (χ1) is 11.7. The maximum Gasteiger partial charge on any atom is 0.340 e. The highest BCUT2D eigenvalue weighted by atomic mass is 35.5. The third-order valence-electron chi connectivity index (χ3n) is 2.94. The fraction of sp³-hybridized carbons (Fsp3) is 0.0667. The molecule has 2 aromatic carbocycles. The first-order valence-corrected chi connectivity index (χ1v) is 8.97. The van der Waals surface area contributed by atoms with Gasteiger partial charge < -0.3 is 10.5 Å². The molecule has 0 saturated carbocycles. The number of hydrogen-bond acceptors (Lipinski definition) is 5. The quantitative estimate of drug-likeness (QED) is 0.719. The number of carbonyl (C=O) groups excluding carboxylic acids is 2. The summed E-state index contributed by atoms with van der Waals surface area (Å²) in [7, 11) is -4.03. The van der Waals surface area contributed by atoms with Crippen LogP contribution in [0.1, 0.15) is 10.4 Å². The Hall–Kier alpha value is -2.29. The second-order valence-electron chi connectivity index (χ2n) is 4.77. The van der Waals surface area contributed by atoms with Crippen LogP contribution < -0.4 is 10.5 Å². The summed E-state index contributed by atoms with van der Waals surface area (Å²) in [5.41, 5.74) is 4.81. The van der Waals surface area contributed by atoms with Gasteiger partial charge in [0, 0.05) is 0 Å². The van der Waals surface area contributed by atoms with Gasteiger partial charge in [-0.3, -0.25) is 9.52 Å². The van der Waals surface area contributed by atoms with Crippen molar-refractivity contribution in [3.63, 3.8) is 0 Å². The smallest absolute Gasteiger partial charge is 0.340 e. The van der Waals surface area contributed by atoms with E-state index in [1.807, 2.05) is 0 Å². The number of amides is 1. The molecule has 0 heterocycles. The van der Waals surface area contributed by atoms with Crippen molar-refractivity contribution < 1.29 is 22.7 Å². The van der Waals surface area contributed by atoms with Gasteiger partial charge in [0.25, 0.3) is 15.9 Å². The molecule has 0 aromatic heterocycles. The van der Waals surface area contributed by atoms with Crippen LogP contribution >= 0.6 is 23.2 Å². The molecule has 0 spiro atoms. The molecule has 0 bridgehead atoms. The van der Waals surface area contributed by atoms with Crippen LogP contribution in [0.5, 0.6) is 0 Å². The molecular weight excluding hydrogens is 391 g/mol. The first-order valence-electron chi connectivity index (χ1n) is 6.73. The highest BCUT2D eigenvalue weighted by molar-refractivity contribution is 7.92. The van der Waals surface area contributed by atoms with Gasteiger partial charge in [-0.05, 0) is 30.3 Å². The van der Waals surface area contributed by atoms with Crippen molar-refractivity contribution in [1.82, 2.24) is 0 Å². The fourth-order valence-corrected chi connectivity index (χ4v) is 3.28. The minimum Gasteiger partial charge on any atom is -0.452 e. The summed E-state index contributed by atoms with van der Waals surface area (Å²) in [5.74, 6) is -1.73. The summed E-state index contributed by atoms with van der Waals surface area (Å²) in [5, 5.41) is 0.273. The molecule has 7 nitrogen and oxygen atoms in total. The third-order valence-corrected chi connectivity index (χ3v) is 5.04. The average molecular weight is 403 g/mol. The average Bonchev–Trinajstić information content (AvgIpc) is 2.55. The van der Waals surface area contributed by atoms with Gasteiger partial charge in [0.15, 0.2) is 6.61 Å². The van der Waals surface area contributed by atoms with Crippen LogP contribution in [0.2, 0.25) is 10.0 Å². The van der Waals surface area contributed by atoms with E-state index < -0.39 is 28.5 Å². The summed E-state index contributed by atoms with van der Waals surface area (Å²) in [4.78, 5) is 22.6. The third kappa shape index (κ3) is 4.85.